The normalized spacial score (nSPS) is 17.4. The van der Waals surface area contributed by atoms with Gasteiger partial charge in [-0.05, 0) is 19.9 Å². The number of aromatic nitrogens is 1. The summed E-state index contributed by atoms with van der Waals surface area (Å²) >= 11 is 0. The summed E-state index contributed by atoms with van der Waals surface area (Å²) in [5, 5.41) is 6.96. The number of rotatable bonds is 5. The molecule has 0 radical (unpaired) electrons. The Balaban J connectivity index is 1.77. The van der Waals surface area contributed by atoms with Crippen molar-refractivity contribution in [2.45, 2.75) is 44.9 Å². The molecule has 1 aromatic heterocycles. The largest absolute Gasteiger partial charge is 0.370 e. The second-order valence-corrected chi connectivity index (χ2v) is 4.03. The van der Waals surface area contributed by atoms with E-state index in [0.717, 1.165) is 18.0 Å². The molecule has 1 aromatic rings. The van der Waals surface area contributed by atoms with Crippen LogP contribution in [0.1, 0.15) is 37.1 Å². The maximum atomic E-state index is 5.73. The van der Waals surface area contributed by atoms with E-state index in [4.69, 9.17) is 9.26 Å². The van der Waals surface area contributed by atoms with Gasteiger partial charge in [0.15, 0.2) is 5.76 Å². The maximum Gasteiger partial charge on any atom is 0.162 e. The molecule has 1 aliphatic carbocycles. The number of nitrogens with zero attached hydrogens (tertiary/aromatic N) is 1. The van der Waals surface area contributed by atoms with Crippen molar-refractivity contribution in [2.24, 2.45) is 0 Å². The molecule has 0 aliphatic heterocycles. The zero-order valence-corrected chi connectivity index (χ0v) is 9.16. The van der Waals surface area contributed by atoms with E-state index < -0.39 is 0 Å². The zero-order chi connectivity index (χ0) is 10.5. The van der Waals surface area contributed by atoms with Crippen LogP contribution in [0.3, 0.4) is 0 Å². The SMILES string of the molecule is CNCc1cc(COC2CCCC2)on1. The van der Waals surface area contributed by atoms with Gasteiger partial charge in [0.2, 0.25) is 0 Å². The van der Waals surface area contributed by atoms with Crippen molar-refractivity contribution in [1.82, 2.24) is 10.5 Å². The fourth-order valence-electron chi connectivity index (χ4n) is 1.94. The second kappa shape index (κ2) is 5.28. The molecule has 4 nitrogen and oxygen atoms in total. The first kappa shape index (κ1) is 10.6. The van der Waals surface area contributed by atoms with E-state index >= 15 is 0 Å². The van der Waals surface area contributed by atoms with Gasteiger partial charge in [-0.1, -0.05) is 18.0 Å². The molecule has 2 rings (SSSR count). The van der Waals surface area contributed by atoms with E-state index in [1.54, 1.807) is 0 Å². The smallest absolute Gasteiger partial charge is 0.162 e. The van der Waals surface area contributed by atoms with Crippen molar-refractivity contribution in [3.63, 3.8) is 0 Å². The number of hydrogen-bond acceptors (Lipinski definition) is 4. The third-order valence-corrected chi connectivity index (χ3v) is 2.73. The first-order chi connectivity index (χ1) is 7.38. The highest BCUT2D eigenvalue weighted by Crippen LogP contribution is 2.22. The van der Waals surface area contributed by atoms with Crippen LogP contribution >= 0.6 is 0 Å². The summed E-state index contributed by atoms with van der Waals surface area (Å²) in [6.45, 7) is 1.30. The minimum absolute atomic E-state index is 0.433. The molecule has 0 aromatic carbocycles. The topological polar surface area (TPSA) is 47.3 Å². The Morgan fingerprint density at radius 3 is 3.07 bits per heavy atom. The van der Waals surface area contributed by atoms with Gasteiger partial charge in [-0.25, -0.2) is 0 Å². The predicted molar refractivity (Wildman–Crippen MR) is 56.3 cm³/mol. The Morgan fingerprint density at radius 1 is 1.53 bits per heavy atom. The minimum Gasteiger partial charge on any atom is -0.370 e. The summed E-state index contributed by atoms with van der Waals surface area (Å²) in [7, 11) is 1.89. The van der Waals surface area contributed by atoms with E-state index in [1.807, 2.05) is 13.1 Å². The maximum absolute atomic E-state index is 5.73. The van der Waals surface area contributed by atoms with Crippen molar-refractivity contribution in [3.8, 4) is 0 Å². The average molecular weight is 210 g/mol. The van der Waals surface area contributed by atoms with E-state index in [0.29, 0.717) is 12.7 Å². The monoisotopic (exact) mass is 210 g/mol. The second-order valence-electron chi connectivity index (χ2n) is 4.03. The molecule has 1 heterocycles. The molecule has 0 saturated heterocycles. The third kappa shape index (κ3) is 3.04. The van der Waals surface area contributed by atoms with Gasteiger partial charge >= 0.3 is 0 Å². The predicted octanol–water partition coefficient (Wildman–Crippen LogP) is 1.85. The zero-order valence-electron chi connectivity index (χ0n) is 9.16. The Hall–Kier alpha value is -0.870. The van der Waals surface area contributed by atoms with Crippen LogP contribution in [-0.2, 0) is 17.9 Å². The van der Waals surface area contributed by atoms with Crippen LogP contribution < -0.4 is 5.32 Å². The van der Waals surface area contributed by atoms with Crippen LogP contribution in [0, 0.1) is 0 Å². The van der Waals surface area contributed by atoms with E-state index in [-0.39, 0.29) is 0 Å². The summed E-state index contributed by atoms with van der Waals surface area (Å²) in [6, 6.07) is 1.95. The lowest BCUT2D eigenvalue weighted by atomic mass is 10.3. The molecular weight excluding hydrogens is 192 g/mol. The van der Waals surface area contributed by atoms with E-state index in [1.165, 1.54) is 25.7 Å². The number of nitrogens with one attached hydrogen (secondary N) is 1. The molecule has 1 N–H and O–H groups in total. The molecule has 1 aliphatic rings. The highest BCUT2D eigenvalue weighted by molar-refractivity contribution is 5.04. The molecule has 1 saturated carbocycles. The van der Waals surface area contributed by atoms with Crippen LogP contribution in [0.4, 0.5) is 0 Å². The molecule has 84 valence electrons. The van der Waals surface area contributed by atoms with Crippen LogP contribution in [0.25, 0.3) is 0 Å². The van der Waals surface area contributed by atoms with Gasteiger partial charge in [0.1, 0.15) is 6.61 Å². The molecule has 1 fully saturated rings. The first-order valence-electron chi connectivity index (χ1n) is 5.59. The summed E-state index contributed by atoms with van der Waals surface area (Å²) in [5.41, 5.74) is 0.933. The Morgan fingerprint density at radius 2 is 2.33 bits per heavy atom. The van der Waals surface area contributed by atoms with Crippen molar-refractivity contribution in [2.75, 3.05) is 7.05 Å². The van der Waals surface area contributed by atoms with Gasteiger partial charge in [-0.15, -0.1) is 0 Å². The fraction of sp³-hybridized carbons (Fsp3) is 0.727. The quantitative estimate of drug-likeness (QED) is 0.805. The summed E-state index contributed by atoms with van der Waals surface area (Å²) < 4.78 is 10.9. The Kier molecular flexibility index (Phi) is 3.75. The highest BCUT2D eigenvalue weighted by atomic mass is 16.5. The minimum atomic E-state index is 0.433. The number of ether oxygens (including phenoxy) is 1. The van der Waals surface area contributed by atoms with Gasteiger partial charge in [-0.3, -0.25) is 0 Å². The van der Waals surface area contributed by atoms with Crippen LogP contribution in [-0.4, -0.2) is 18.3 Å². The molecule has 0 atom stereocenters. The van der Waals surface area contributed by atoms with Gasteiger partial charge in [-0.2, -0.15) is 0 Å². The van der Waals surface area contributed by atoms with Crippen molar-refractivity contribution in [3.05, 3.63) is 17.5 Å². The summed E-state index contributed by atoms with van der Waals surface area (Å²) in [6.07, 6.45) is 5.41. The van der Waals surface area contributed by atoms with Gasteiger partial charge in [0, 0.05) is 12.6 Å². The third-order valence-electron chi connectivity index (χ3n) is 2.73. The standard InChI is InChI=1S/C11H18N2O2/c1-12-7-9-6-11(15-13-9)8-14-10-4-2-3-5-10/h6,10,12H,2-5,7-8H2,1H3. The molecular formula is C11H18N2O2. The van der Waals surface area contributed by atoms with Crippen LogP contribution in [0.15, 0.2) is 10.6 Å². The summed E-state index contributed by atoms with van der Waals surface area (Å²) in [5.74, 6) is 0.826. The van der Waals surface area contributed by atoms with E-state index in [2.05, 4.69) is 10.5 Å². The molecule has 4 heteroatoms. The van der Waals surface area contributed by atoms with E-state index in [9.17, 15) is 0 Å². The van der Waals surface area contributed by atoms with Crippen LogP contribution in [0.5, 0.6) is 0 Å². The lowest BCUT2D eigenvalue weighted by Gasteiger charge is -2.08. The highest BCUT2D eigenvalue weighted by Gasteiger charge is 2.16. The van der Waals surface area contributed by atoms with Crippen LogP contribution in [0.2, 0.25) is 0 Å². The van der Waals surface area contributed by atoms with Crippen molar-refractivity contribution >= 4 is 0 Å². The molecule has 0 bridgehead atoms. The molecule has 0 amide bonds. The lowest BCUT2D eigenvalue weighted by Crippen LogP contribution is -2.06. The first-order valence-corrected chi connectivity index (χ1v) is 5.59. The number of hydrogen-bond donors (Lipinski definition) is 1. The van der Waals surface area contributed by atoms with Crippen molar-refractivity contribution < 1.29 is 9.26 Å². The fourth-order valence-corrected chi connectivity index (χ4v) is 1.94. The molecule has 0 spiro atoms. The summed E-state index contributed by atoms with van der Waals surface area (Å²) in [4.78, 5) is 0. The Labute approximate surface area is 90.0 Å². The van der Waals surface area contributed by atoms with Gasteiger partial charge in [0.05, 0.1) is 11.8 Å². The Bertz CT molecular complexity index is 293. The lowest BCUT2D eigenvalue weighted by molar-refractivity contribution is 0.0330. The van der Waals surface area contributed by atoms with Gasteiger partial charge < -0.3 is 14.6 Å². The van der Waals surface area contributed by atoms with Gasteiger partial charge in [0.25, 0.3) is 0 Å². The van der Waals surface area contributed by atoms with Crippen molar-refractivity contribution in [1.29, 1.82) is 0 Å². The average Bonchev–Trinajstić information content (AvgIpc) is 2.85. The molecule has 15 heavy (non-hydrogen) atoms. The molecule has 0 unspecified atom stereocenters.